The molecule has 0 radical (unpaired) electrons. The molecule has 0 bridgehead atoms. The number of nitrogens with one attached hydrogen (secondary N) is 2. The fourth-order valence-electron chi connectivity index (χ4n) is 4.89. The van der Waals surface area contributed by atoms with Gasteiger partial charge < -0.3 is 19.5 Å². The summed E-state index contributed by atoms with van der Waals surface area (Å²) in [6.07, 6.45) is 0. The molecule has 2 aromatic rings. The second-order valence-electron chi connectivity index (χ2n) is 8.68. The molecule has 4 atom stereocenters. The van der Waals surface area contributed by atoms with E-state index in [0.717, 1.165) is 5.56 Å². The molecule has 1 fully saturated rings. The number of para-hydroxylation sites is 1. The molecule has 0 unspecified atom stereocenters. The van der Waals surface area contributed by atoms with Crippen molar-refractivity contribution < 1.29 is 33.0 Å². The largest absolute Gasteiger partial charge is 0.490 e. The molecule has 1 amide bonds. The molecule has 2 N–H and O–H groups in total. The van der Waals surface area contributed by atoms with Crippen molar-refractivity contribution in [1.82, 2.24) is 5.32 Å². The van der Waals surface area contributed by atoms with Crippen molar-refractivity contribution in [2.24, 2.45) is 11.8 Å². The number of carbonyl (C=O) groups excluding carboxylic acids is 3. The van der Waals surface area contributed by atoms with Gasteiger partial charge in [-0.3, -0.25) is 14.9 Å². The van der Waals surface area contributed by atoms with Gasteiger partial charge in [0.05, 0.1) is 37.5 Å². The van der Waals surface area contributed by atoms with Crippen LogP contribution in [0.3, 0.4) is 0 Å². The third-order valence-electron chi connectivity index (χ3n) is 6.53. The predicted octanol–water partition coefficient (Wildman–Crippen LogP) is 3.15. The van der Waals surface area contributed by atoms with E-state index in [1.807, 2.05) is 6.92 Å². The summed E-state index contributed by atoms with van der Waals surface area (Å²) in [4.78, 5) is 39.0. The number of fused-ring (bicyclic) bond motifs is 3. The average molecular weight is 470 g/mol. The quantitative estimate of drug-likeness (QED) is 0.647. The first-order valence-corrected chi connectivity index (χ1v) is 11.1. The molecule has 2 aliphatic rings. The number of aryl methyl sites for hydroxylation is 1. The molecule has 0 aromatic heterocycles. The summed E-state index contributed by atoms with van der Waals surface area (Å²) in [6.45, 7) is 5.29. The van der Waals surface area contributed by atoms with Gasteiger partial charge in [0.1, 0.15) is 5.54 Å². The summed E-state index contributed by atoms with van der Waals surface area (Å²) in [5.74, 6) is -3.48. The third-order valence-corrected chi connectivity index (χ3v) is 6.53. The number of ether oxygens (including phenoxy) is 3. The fourth-order valence-corrected chi connectivity index (χ4v) is 4.89. The molecule has 2 aromatic carbocycles. The van der Waals surface area contributed by atoms with Crippen molar-refractivity contribution in [3.63, 3.8) is 0 Å². The summed E-state index contributed by atoms with van der Waals surface area (Å²) in [5.41, 5.74) is 0.369. The van der Waals surface area contributed by atoms with Crippen molar-refractivity contribution in [1.29, 1.82) is 0 Å². The van der Waals surface area contributed by atoms with Crippen molar-refractivity contribution in [2.45, 2.75) is 32.4 Å². The summed E-state index contributed by atoms with van der Waals surface area (Å²) in [7, 11) is 1.26. The maximum atomic E-state index is 14.4. The first-order chi connectivity index (χ1) is 16.2. The number of anilines is 1. The number of methoxy groups -OCH3 is 1. The summed E-state index contributed by atoms with van der Waals surface area (Å²) >= 11 is 0. The van der Waals surface area contributed by atoms with E-state index in [-0.39, 0.29) is 30.2 Å². The Morgan fingerprint density at radius 2 is 2.03 bits per heavy atom. The molecule has 0 saturated carbocycles. The van der Waals surface area contributed by atoms with Crippen LogP contribution in [0.25, 0.3) is 0 Å². The third kappa shape index (κ3) is 3.90. The molecule has 0 spiro atoms. The van der Waals surface area contributed by atoms with Crippen LogP contribution in [0.1, 0.15) is 41.4 Å². The molecule has 1 saturated heterocycles. The number of carbonyl (C=O) groups is 3. The Morgan fingerprint density at radius 1 is 1.26 bits per heavy atom. The smallest absolute Gasteiger partial charge is 0.339 e. The zero-order valence-corrected chi connectivity index (χ0v) is 19.4. The summed E-state index contributed by atoms with van der Waals surface area (Å²) in [5, 5.41) is 6.06. The minimum absolute atomic E-state index is 0.0375. The number of rotatable bonds is 5. The first-order valence-electron chi connectivity index (χ1n) is 11.1. The SMILES string of the molecule is CCOC(=O)[C@@H]1[C@H]2COc3c(F)cccc3[C@@H]2N[C@]1(C)C(=O)Nc1cc(C)ccc1C(=O)OC. The standard InChI is InChI=1S/C25H27FN2O6/c1-5-33-23(30)19-16-12-34-21-15(7-6-8-17(21)26)20(16)28-25(19,3)24(31)27-18-11-13(2)9-10-14(18)22(29)32-4/h6-11,16,19-20,28H,5,12H2,1-4H3,(H,27,31)/t16-,19+,20+,25+/m1/s1. The molecule has 2 heterocycles. The minimum atomic E-state index is -1.43. The molecule has 0 aliphatic carbocycles. The number of esters is 2. The average Bonchev–Trinajstić information content (AvgIpc) is 3.13. The van der Waals surface area contributed by atoms with Gasteiger partial charge in [0, 0.05) is 17.5 Å². The van der Waals surface area contributed by atoms with Crippen LogP contribution in [0.4, 0.5) is 10.1 Å². The monoisotopic (exact) mass is 470 g/mol. The number of hydrogen-bond acceptors (Lipinski definition) is 7. The van der Waals surface area contributed by atoms with E-state index in [1.165, 1.54) is 13.2 Å². The molecular formula is C25H27FN2O6. The Balaban J connectivity index is 1.74. The lowest BCUT2D eigenvalue weighted by Crippen LogP contribution is -2.55. The van der Waals surface area contributed by atoms with Gasteiger partial charge in [0.15, 0.2) is 11.6 Å². The van der Waals surface area contributed by atoms with E-state index in [2.05, 4.69) is 10.6 Å². The van der Waals surface area contributed by atoms with Crippen molar-refractivity contribution in [3.05, 3.63) is 58.9 Å². The molecule has 4 rings (SSSR count). The van der Waals surface area contributed by atoms with E-state index in [4.69, 9.17) is 14.2 Å². The van der Waals surface area contributed by atoms with Gasteiger partial charge in [-0.2, -0.15) is 0 Å². The van der Waals surface area contributed by atoms with Crippen molar-refractivity contribution in [2.75, 3.05) is 25.6 Å². The Morgan fingerprint density at radius 3 is 2.74 bits per heavy atom. The van der Waals surface area contributed by atoms with Crippen molar-refractivity contribution >= 4 is 23.5 Å². The van der Waals surface area contributed by atoms with Crippen LogP contribution in [0.2, 0.25) is 0 Å². The maximum absolute atomic E-state index is 14.4. The second kappa shape index (κ2) is 9.06. The van der Waals surface area contributed by atoms with Crippen LogP contribution in [-0.4, -0.2) is 43.7 Å². The lowest BCUT2D eigenvalue weighted by molar-refractivity contribution is -0.154. The lowest BCUT2D eigenvalue weighted by Gasteiger charge is -2.31. The second-order valence-corrected chi connectivity index (χ2v) is 8.68. The summed E-state index contributed by atoms with van der Waals surface area (Å²) in [6, 6.07) is 9.02. The Hall–Kier alpha value is -3.46. The summed E-state index contributed by atoms with van der Waals surface area (Å²) < 4.78 is 30.2. The van der Waals surface area contributed by atoms with E-state index < -0.39 is 47.1 Å². The van der Waals surface area contributed by atoms with E-state index in [1.54, 1.807) is 44.2 Å². The van der Waals surface area contributed by atoms with E-state index >= 15 is 0 Å². The highest BCUT2D eigenvalue weighted by Crippen LogP contribution is 2.49. The van der Waals surface area contributed by atoms with Gasteiger partial charge in [-0.15, -0.1) is 0 Å². The maximum Gasteiger partial charge on any atom is 0.339 e. The number of benzene rings is 2. The number of amides is 1. The van der Waals surface area contributed by atoms with Gasteiger partial charge in [-0.25, -0.2) is 9.18 Å². The van der Waals surface area contributed by atoms with Gasteiger partial charge in [0.2, 0.25) is 5.91 Å². The Labute approximate surface area is 196 Å². The number of halogens is 1. The van der Waals surface area contributed by atoms with Gasteiger partial charge >= 0.3 is 11.9 Å². The van der Waals surface area contributed by atoms with Crippen LogP contribution in [0.15, 0.2) is 36.4 Å². The Kier molecular flexibility index (Phi) is 6.31. The van der Waals surface area contributed by atoms with E-state index in [0.29, 0.717) is 5.56 Å². The van der Waals surface area contributed by atoms with Crippen LogP contribution in [-0.2, 0) is 19.1 Å². The fraction of sp³-hybridized carbons (Fsp3) is 0.400. The topological polar surface area (TPSA) is 103 Å². The molecular weight excluding hydrogens is 443 g/mol. The first kappa shape index (κ1) is 23.7. The highest BCUT2D eigenvalue weighted by molar-refractivity contribution is 6.06. The van der Waals surface area contributed by atoms with Gasteiger partial charge in [0.25, 0.3) is 0 Å². The van der Waals surface area contributed by atoms with E-state index in [9.17, 15) is 18.8 Å². The Bertz CT molecular complexity index is 1150. The molecule has 34 heavy (non-hydrogen) atoms. The minimum Gasteiger partial charge on any atom is -0.490 e. The molecule has 9 heteroatoms. The van der Waals surface area contributed by atoms with Gasteiger partial charge in [-0.1, -0.05) is 18.2 Å². The zero-order valence-electron chi connectivity index (χ0n) is 19.4. The predicted molar refractivity (Wildman–Crippen MR) is 121 cm³/mol. The normalized spacial score (nSPS) is 24.9. The molecule has 180 valence electrons. The number of hydrogen-bond donors (Lipinski definition) is 2. The van der Waals surface area contributed by atoms with Crippen LogP contribution >= 0.6 is 0 Å². The van der Waals surface area contributed by atoms with Crippen LogP contribution < -0.4 is 15.4 Å². The molecule has 8 nitrogen and oxygen atoms in total. The highest BCUT2D eigenvalue weighted by Gasteiger charge is 2.60. The lowest BCUT2D eigenvalue weighted by atomic mass is 9.77. The van der Waals surface area contributed by atoms with Crippen LogP contribution in [0, 0.1) is 24.6 Å². The van der Waals surface area contributed by atoms with Crippen LogP contribution in [0.5, 0.6) is 5.75 Å². The molecule has 2 aliphatic heterocycles. The van der Waals surface area contributed by atoms with Crippen molar-refractivity contribution in [3.8, 4) is 5.75 Å². The van der Waals surface area contributed by atoms with Gasteiger partial charge in [-0.05, 0) is 44.5 Å². The zero-order chi connectivity index (χ0) is 24.6. The highest BCUT2D eigenvalue weighted by atomic mass is 19.1.